The van der Waals surface area contributed by atoms with Crippen LogP contribution in [0.25, 0.3) is 10.9 Å². The maximum Gasteiger partial charge on any atom is 0.140 e. The Morgan fingerprint density at radius 2 is 1.84 bits per heavy atom. The molecule has 4 nitrogen and oxygen atoms in total. The number of ether oxygens (including phenoxy) is 1. The minimum atomic E-state index is 0.860. The molecular formula is C15H19N3O. The fourth-order valence-electron chi connectivity index (χ4n) is 2.68. The molecule has 1 aromatic carbocycles. The van der Waals surface area contributed by atoms with Crippen molar-refractivity contribution in [1.29, 1.82) is 0 Å². The van der Waals surface area contributed by atoms with Crippen molar-refractivity contribution in [3.8, 4) is 5.75 Å². The van der Waals surface area contributed by atoms with Crippen molar-refractivity contribution >= 4 is 16.7 Å². The molecule has 0 radical (unpaired) electrons. The van der Waals surface area contributed by atoms with E-state index in [-0.39, 0.29) is 0 Å². The van der Waals surface area contributed by atoms with Gasteiger partial charge < -0.3 is 9.64 Å². The van der Waals surface area contributed by atoms with Crippen molar-refractivity contribution in [3.05, 3.63) is 24.5 Å². The molecule has 2 heterocycles. The van der Waals surface area contributed by atoms with Gasteiger partial charge >= 0.3 is 0 Å². The van der Waals surface area contributed by atoms with E-state index in [9.17, 15) is 0 Å². The molecule has 1 saturated heterocycles. The summed E-state index contributed by atoms with van der Waals surface area (Å²) in [7, 11) is 1.69. The van der Waals surface area contributed by atoms with Crippen LogP contribution in [0.5, 0.6) is 5.75 Å². The summed E-state index contributed by atoms with van der Waals surface area (Å²) in [4.78, 5) is 11.2. The van der Waals surface area contributed by atoms with Crippen molar-refractivity contribution < 1.29 is 4.74 Å². The first-order valence-corrected chi connectivity index (χ1v) is 6.92. The van der Waals surface area contributed by atoms with Crippen molar-refractivity contribution in [2.75, 3.05) is 25.1 Å². The lowest BCUT2D eigenvalue weighted by molar-refractivity contribution is 0.415. The Morgan fingerprint density at radius 3 is 2.58 bits per heavy atom. The molecule has 0 unspecified atom stereocenters. The minimum absolute atomic E-state index is 0.860. The molecular weight excluding hydrogens is 238 g/mol. The lowest BCUT2D eigenvalue weighted by Crippen LogP contribution is -2.25. The molecule has 4 heteroatoms. The highest BCUT2D eigenvalue weighted by Crippen LogP contribution is 2.28. The van der Waals surface area contributed by atoms with Crippen LogP contribution in [0.4, 0.5) is 5.82 Å². The largest absolute Gasteiger partial charge is 0.497 e. The Labute approximate surface area is 113 Å². The zero-order valence-corrected chi connectivity index (χ0v) is 11.3. The number of methoxy groups -OCH3 is 1. The molecule has 1 fully saturated rings. The molecule has 0 N–H and O–H groups in total. The van der Waals surface area contributed by atoms with E-state index in [2.05, 4.69) is 14.9 Å². The fraction of sp³-hybridized carbons (Fsp3) is 0.467. The first-order chi connectivity index (χ1) is 9.38. The molecule has 2 aromatic rings. The monoisotopic (exact) mass is 257 g/mol. The van der Waals surface area contributed by atoms with E-state index in [1.54, 1.807) is 13.4 Å². The van der Waals surface area contributed by atoms with E-state index in [0.29, 0.717) is 0 Å². The van der Waals surface area contributed by atoms with Crippen LogP contribution >= 0.6 is 0 Å². The number of fused-ring (bicyclic) bond motifs is 1. The second-order valence-corrected chi connectivity index (χ2v) is 4.98. The average Bonchev–Trinajstić information content (AvgIpc) is 2.75. The van der Waals surface area contributed by atoms with Gasteiger partial charge in [-0.2, -0.15) is 0 Å². The summed E-state index contributed by atoms with van der Waals surface area (Å²) in [5, 5.41) is 1.09. The highest BCUT2D eigenvalue weighted by molar-refractivity contribution is 5.90. The van der Waals surface area contributed by atoms with Crippen LogP contribution in [0.3, 0.4) is 0 Å². The molecule has 1 aromatic heterocycles. The van der Waals surface area contributed by atoms with Crippen molar-refractivity contribution in [2.24, 2.45) is 0 Å². The zero-order chi connectivity index (χ0) is 13.1. The number of rotatable bonds is 2. The van der Waals surface area contributed by atoms with Crippen molar-refractivity contribution in [3.63, 3.8) is 0 Å². The van der Waals surface area contributed by atoms with E-state index in [1.165, 1.54) is 25.7 Å². The smallest absolute Gasteiger partial charge is 0.140 e. The first kappa shape index (κ1) is 12.2. The second kappa shape index (κ2) is 5.43. The lowest BCUT2D eigenvalue weighted by Gasteiger charge is -2.22. The third kappa shape index (κ3) is 2.48. The quantitative estimate of drug-likeness (QED) is 0.829. The van der Waals surface area contributed by atoms with Crippen LogP contribution in [-0.2, 0) is 0 Å². The van der Waals surface area contributed by atoms with Crippen LogP contribution in [0.1, 0.15) is 25.7 Å². The molecule has 0 spiro atoms. The van der Waals surface area contributed by atoms with Gasteiger partial charge in [-0.15, -0.1) is 0 Å². The second-order valence-electron chi connectivity index (χ2n) is 4.98. The predicted molar refractivity (Wildman–Crippen MR) is 76.8 cm³/mol. The molecule has 19 heavy (non-hydrogen) atoms. The number of anilines is 1. The number of hydrogen-bond donors (Lipinski definition) is 0. The van der Waals surface area contributed by atoms with Crippen LogP contribution < -0.4 is 9.64 Å². The van der Waals surface area contributed by atoms with Gasteiger partial charge in [0.25, 0.3) is 0 Å². The highest BCUT2D eigenvalue weighted by Gasteiger charge is 2.14. The zero-order valence-electron chi connectivity index (χ0n) is 11.3. The molecule has 3 rings (SSSR count). The summed E-state index contributed by atoms with van der Waals surface area (Å²) in [6.07, 6.45) is 6.80. The van der Waals surface area contributed by atoms with Crippen molar-refractivity contribution in [1.82, 2.24) is 9.97 Å². The highest BCUT2D eigenvalue weighted by atomic mass is 16.5. The Balaban J connectivity index is 2.05. The number of nitrogens with zero attached hydrogens (tertiary/aromatic N) is 3. The summed E-state index contributed by atoms with van der Waals surface area (Å²) >= 11 is 0. The minimum Gasteiger partial charge on any atom is -0.497 e. The van der Waals surface area contributed by atoms with E-state index < -0.39 is 0 Å². The normalized spacial score (nSPS) is 16.4. The summed E-state index contributed by atoms with van der Waals surface area (Å²) in [5.41, 5.74) is 0.982. The topological polar surface area (TPSA) is 38.3 Å². The summed E-state index contributed by atoms with van der Waals surface area (Å²) in [6, 6.07) is 5.98. The molecule has 0 amide bonds. The fourth-order valence-corrected chi connectivity index (χ4v) is 2.68. The van der Waals surface area contributed by atoms with Gasteiger partial charge in [-0.05, 0) is 31.0 Å². The van der Waals surface area contributed by atoms with Crippen molar-refractivity contribution in [2.45, 2.75) is 25.7 Å². The number of aromatic nitrogens is 2. The van der Waals surface area contributed by atoms with E-state index in [1.807, 2.05) is 18.2 Å². The van der Waals surface area contributed by atoms with Gasteiger partial charge in [-0.3, -0.25) is 0 Å². The molecule has 100 valence electrons. The maximum atomic E-state index is 5.32. The van der Waals surface area contributed by atoms with E-state index >= 15 is 0 Å². The van der Waals surface area contributed by atoms with Crippen LogP contribution in [0, 0.1) is 0 Å². The Bertz CT molecular complexity index is 562. The SMILES string of the molecule is COc1ccc2ncnc(N3CCCCCC3)c2c1. The van der Waals surface area contributed by atoms with Gasteiger partial charge in [0.15, 0.2) is 0 Å². The third-order valence-electron chi connectivity index (χ3n) is 3.73. The summed E-state index contributed by atoms with van der Waals surface area (Å²) < 4.78 is 5.32. The van der Waals surface area contributed by atoms with Crippen LogP contribution in [0.2, 0.25) is 0 Å². The maximum absolute atomic E-state index is 5.32. The molecule has 0 saturated carbocycles. The van der Waals surface area contributed by atoms with Gasteiger partial charge in [0, 0.05) is 18.5 Å². The lowest BCUT2D eigenvalue weighted by atomic mass is 10.2. The number of hydrogen-bond acceptors (Lipinski definition) is 4. The van der Waals surface area contributed by atoms with Crippen LogP contribution in [-0.4, -0.2) is 30.2 Å². The third-order valence-corrected chi connectivity index (χ3v) is 3.73. The number of benzene rings is 1. The Kier molecular flexibility index (Phi) is 3.49. The molecule has 1 aliphatic heterocycles. The van der Waals surface area contributed by atoms with Gasteiger partial charge in [0.1, 0.15) is 17.9 Å². The molecule has 0 bridgehead atoms. The average molecular weight is 257 g/mol. The molecule has 0 atom stereocenters. The summed E-state index contributed by atoms with van der Waals surface area (Å²) in [6.45, 7) is 2.17. The van der Waals surface area contributed by atoms with Gasteiger partial charge in [0.2, 0.25) is 0 Å². The Morgan fingerprint density at radius 1 is 1.05 bits per heavy atom. The van der Waals surface area contributed by atoms with E-state index in [4.69, 9.17) is 4.74 Å². The van der Waals surface area contributed by atoms with E-state index in [0.717, 1.165) is 35.6 Å². The summed E-state index contributed by atoms with van der Waals surface area (Å²) in [5.74, 6) is 1.91. The molecule has 0 aliphatic carbocycles. The van der Waals surface area contributed by atoms with Gasteiger partial charge in [-0.1, -0.05) is 12.8 Å². The van der Waals surface area contributed by atoms with Gasteiger partial charge in [-0.25, -0.2) is 9.97 Å². The molecule has 1 aliphatic rings. The first-order valence-electron chi connectivity index (χ1n) is 6.92. The predicted octanol–water partition coefficient (Wildman–Crippen LogP) is 3.02. The van der Waals surface area contributed by atoms with Crippen LogP contribution in [0.15, 0.2) is 24.5 Å². The standard InChI is InChI=1S/C15H19N3O/c1-19-12-6-7-14-13(10-12)15(17-11-16-14)18-8-4-2-3-5-9-18/h6-7,10-11H,2-5,8-9H2,1H3. The van der Waals surface area contributed by atoms with Gasteiger partial charge in [0.05, 0.1) is 12.6 Å². The Hall–Kier alpha value is -1.84.